The second-order valence-electron chi connectivity index (χ2n) is 2.61. The number of benzene rings is 1. The highest BCUT2D eigenvalue weighted by Crippen LogP contribution is 2.36. The van der Waals surface area contributed by atoms with Crippen LogP contribution in [0.25, 0.3) is 10.1 Å². The molecule has 0 bridgehead atoms. The van der Waals surface area contributed by atoms with Crippen molar-refractivity contribution in [3.8, 4) is 0 Å². The lowest BCUT2D eigenvalue weighted by Crippen LogP contribution is -1.90. The molecule has 3 nitrogen and oxygen atoms in total. The van der Waals surface area contributed by atoms with Crippen LogP contribution >= 0.6 is 27.3 Å². The highest BCUT2D eigenvalue weighted by molar-refractivity contribution is 9.10. The maximum atomic E-state index is 13.4. The fourth-order valence-corrected chi connectivity index (χ4v) is 2.60. The molecule has 0 aliphatic heterocycles. The first kappa shape index (κ1) is 9.54. The van der Waals surface area contributed by atoms with E-state index in [-0.39, 0.29) is 10.2 Å². The van der Waals surface area contributed by atoms with Crippen LogP contribution in [0.5, 0.6) is 0 Å². The van der Waals surface area contributed by atoms with E-state index in [2.05, 4.69) is 15.9 Å². The minimum atomic E-state index is -0.515. The number of nitro groups is 1. The molecular formula is C8H3BrFNO2S. The Morgan fingerprint density at radius 3 is 2.93 bits per heavy atom. The van der Waals surface area contributed by atoms with Gasteiger partial charge in [-0.3, -0.25) is 10.1 Å². The van der Waals surface area contributed by atoms with Crippen molar-refractivity contribution in [3.63, 3.8) is 0 Å². The molecule has 14 heavy (non-hydrogen) atoms. The summed E-state index contributed by atoms with van der Waals surface area (Å²) in [7, 11) is 0. The Morgan fingerprint density at radius 1 is 1.57 bits per heavy atom. The molecule has 2 aromatic rings. The van der Waals surface area contributed by atoms with Crippen molar-refractivity contribution in [2.45, 2.75) is 0 Å². The van der Waals surface area contributed by atoms with E-state index in [1.165, 1.54) is 6.07 Å². The van der Waals surface area contributed by atoms with Gasteiger partial charge in [0.1, 0.15) is 0 Å². The molecule has 0 fully saturated rings. The van der Waals surface area contributed by atoms with Crippen molar-refractivity contribution in [2.24, 2.45) is 0 Å². The maximum absolute atomic E-state index is 13.4. The zero-order valence-corrected chi connectivity index (χ0v) is 9.06. The number of hydrogen-bond acceptors (Lipinski definition) is 3. The summed E-state index contributed by atoms with van der Waals surface area (Å²) in [4.78, 5) is 10.1. The molecule has 0 unspecified atom stereocenters. The Labute approximate surface area is 90.4 Å². The van der Waals surface area contributed by atoms with Gasteiger partial charge in [0.25, 0.3) is 5.69 Å². The zero-order valence-electron chi connectivity index (χ0n) is 6.66. The molecule has 0 saturated heterocycles. The van der Waals surface area contributed by atoms with Crippen LogP contribution in [0.3, 0.4) is 0 Å². The Morgan fingerprint density at radius 2 is 2.29 bits per heavy atom. The Balaban J connectivity index is 2.91. The first-order valence-electron chi connectivity index (χ1n) is 3.61. The van der Waals surface area contributed by atoms with Crippen molar-refractivity contribution in [1.29, 1.82) is 0 Å². The average molecular weight is 276 g/mol. The van der Waals surface area contributed by atoms with E-state index in [1.54, 1.807) is 11.4 Å². The number of non-ortho nitro benzene ring substituents is 1. The second-order valence-corrected chi connectivity index (χ2v) is 4.38. The lowest BCUT2D eigenvalue weighted by Gasteiger charge is -1.97. The molecular weight excluding hydrogens is 273 g/mol. The minimum absolute atomic E-state index is 0.0745. The number of nitro benzene ring substituents is 1. The topological polar surface area (TPSA) is 43.1 Å². The van der Waals surface area contributed by atoms with Crippen LogP contribution in [0.4, 0.5) is 10.1 Å². The lowest BCUT2D eigenvalue weighted by atomic mass is 10.2. The molecule has 0 aliphatic rings. The molecule has 1 heterocycles. The van der Waals surface area contributed by atoms with Gasteiger partial charge in [-0.25, -0.2) is 4.39 Å². The predicted molar refractivity (Wildman–Crippen MR) is 56.1 cm³/mol. The van der Waals surface area contributed by atoms with Gasteiger partial charge < -0.3 is 0 Å². The summed E-state index contributed by atoms with van der Waals surface area (Å²) < 4.78 is 13.9. The second kappa shape index (κ2) is 3.29. The number of thiophene rings is 1. The van der Waals surface area contributed by atoms with E-state index in [0.717, 1.165) is 11.3 Å². The van der Waals surface area contributed by atoms with Crippen LogP contribution in [-0.4, -0.2) is 4.92 Å². The fraction of sp³-hybridized carbons (Fsp3) is 0. The van der Waals surface area contributed by atoms with Crippen LogP contribution in [0, 0.1) is 15.9 Å². The largest absolute Gasteiger partial charge is 0.279 e. The summed E-state index contributed by atoms with van der Waals surface area (Å²) in [5, 5.41) is 12.6. The minimum Gasteiger partial charge on any atom is -0.258 e. The molecule has 1 aromatic heterocycles. The SMILES string of the molecule is O=[N+]([O-])c1cc(Br)c(F)c2sccc12. The van der Waals surface area contributed by atoms with Crippen LogP contribution in [0.15, 0.2) is 22.0 Å². The molecule has 0 amide bonds. The van der Waals surface area contributed by atoms with Gasteiger partial charge in [0.15, 0.2) is 5.82 Å². The highest BCUT2D eigenvalue weighted by atomic mass is 79.9. The first-order chi connectivity index (χ1) is 6.61. The van der Waals surface area contributed by atoms with E-state index in [9.17, 15) is 14.5 Å². The van der Waals surface area contributed by atoms with Gasteiger partial charge in [-0.1, -0.05) is 0 Å². The monoisotopic (exact) mass is 275 g/mol. The first-order valence-corrected chi connectivity index (χ1v) is 5.28. The Hall–Kier alpha value is -1.01. The molecule has 0 atom stereocenters. The summed E-state index contributed by atoms with van der Waals surface area (Å²) in [5.41, 5.74) is -0.0745. The lowest BCUT2D eigenvalue weighted by molar-refractivity contribution is -0.383. The molecule has 1 aromatic carbocycles. The molecule has 72 valence electrons. The van der Waals surface area contributed by atoms with Crippen molar-refractivity contribution in [1.82, 2.24) is 0 Å². The fourth-order valence-electron chi connectivity index (χ4n) is 1.20. The summed E-state index contributed by atoms with van der Waals surface area (Å²) >= 11 is 4.10. The van der Waals surface area contributed by atoms with E-state index < -0.39 is 10.7 Å². The number of rotatable bonds is 1. The average Bonchev–Trinajstić information content (AvgIpc) is 2.59. The number of halogens is 2. The van der Waals surface area contributed by atoms with Crippen LogP contribution in [0.2, 0.25) is 0 Å². The molecule has 0 saturated carbocycles. The third kappa shape index (κ3) is 1.31. The molecule has 0 aliphatic carbocycles. The molecule has 6 heteroatoms. The third-order valence-corrected chi connectivity index (χ3v) is 3.29. The number of fused-ring (bicyclic) bond motifs is 1. The summed E-state index contributed by atoms with van der Waals surface area (Å²) in [5.74, 6) is -0.444. The van der Waals surface area contributed by atoms with Crippen LogP contribution in [-0.2, 0) is 0 Å². The van der Waals surface area contributed by atoms with Gasteiger partial charge in [0.2, 0.25) is 0 Å². The van der Waals surface area contributed by atoms with E-state index in [4.69, 9.17) is 0 Å². The summed E-state index contributed by atoms with van der Waals surface area (Å²) in [6.45, 7) is 0. The molecule has 0 radical (unpaired) electrons. The predicted octanol–water partition coefficient (Wildman–Crippen LogP) is 3.71. The number of nitrogens with zero attached hydrogens (tertiary/aromatic N) is 1. The zero-order chi connectivity index (χ0) is 10.3. The number of hydrogen-bond donors (Lipinski definition) is 0. The van der Waals surface area contributed by atoms with Gasteiger partial charge in [-0.15, -0.1) is 11.3 Å². The van der Waals surface area contributed by atoms with E-state index in [0.29, 0.717) is 10.1 Å². The Kier molecular flexibility index (Phi) is 2.24. The highest BCUT2D eigenvalue weighted by Gasteiger charge is 2.18. The van der Waals surface area contributed by atoms with Gasteiger partial charge in [-0.2, -0.15) is 0 Å². The normalized spacial score (nSPS) is 10.7. The maximum Gasteiger partial charge on any atom is 0.279 e. The summed E-state index contributed by atoms with van der Waals surface area (Å²) in [6, 6.07) is 2.73. The quantitative estimate of drug-likeness (QED) is 0.588. The molecule has 2 rings (SSSR count). The van der Waals surface area contributed by atoms with Crippen molar-refractivity contribution in [2.75, 3.05) is 0 Å². The van der Waals surface area contributed by atoms with Gasteiger partial charge in [0, 0.05) is 6.07 Å². The summed E-state index contributed by atoms with van der Waals surface area (Å²) in [6.07, 6.45) is 0. The van der Waals surface area contributed by atoms with E-state index in [1.807, 2.05) is 0 Å². The van der Waals surface area contributed by atoms with Crippen LogP contribution < -0.4 is 0 Å². The standard InChI is InChI=1S/C8H3BrFNO2S/c9-5-3-6(11(12)13)4-1-2-14-8(4)7(5)10/h1-3H. The van der Waals surface area contributed by atoms with Crippen molar-refractivity contribution < 1.29 is 9.31 Å². The third-order valence-electron chi connectivity index (χ3n) is 1.81. The smallest absolute Gasteiger partial charge is 0.258 e. The van der Waals surface area contributed by atoms with Crippen LogP contribution in [0.1, 0.15) is 0 Å². The van der Waals surface area contributed by atoms with Gasteiger partial charge in [-0.05, 0) is 27.4 Å². The van der Waals surface area contributed by atoms with E-state index >= 15 is 0 Å². The van der Waals surface area contributed by atoms with Crippen molar-refractivity contribution >= 4 is 43.0 Å². The van der Waals surface area contributed by atoms with Gasteiger partial charge in [0.05, 0.1) is 19.5 Å². The van der Waals surface area contributed by atoms with Crippen molar-refractivity contribution in [3.05, 3.63) is 37.9 Å². The Bertz CT molecular complexity index is 525. The van der Waals surface area contributed by atoms with Gasteiger partial charge >= 0.3 is 0 Å². The molecule has 0 spiro atoms. The molecule has 0 N–H and O–H groups in total.